The van der Waals surface area contributed by atoms with Crippen LogP contribution >= 0.6 is 0 Å². The van der Waals surface area contributed by atoms with Crippen LogP contribution in [0.1, 0.15) is 18.1 Å². The molecular weight excluding hydrogens is 311 g/mol. The van der Waals surface area contributed by atoms with E-state index in [0.717, 1.165) is 11.1 Å². The van der Waals surface area contributed by atoms with Gasteiger partial charge in [-0.25, -0.2) is 4.39 Å². The third kappa shape index (κ3) is 4.81. The van der Waals surface area contributed by atoms with Crippen LogP contribution in [0.5, 0.6) is 5.75 Å². The predicted molar refractivity (Wildman–Crippen MR) is 90.7 cm³/mol. The quantitative estimate of drug-likeness (QED) is 0.883. The number of benzene rings is 2. The van der Waals surface area contributed by atoms with Gasteiger partial charge in [0.1, 0.15) is 11.6 Å². The van der Waals surface area contributed by atoms with Gasteiger partial charge >= 0.3 is 0 Å². The number of aryl methyl sites for hydroxylation is 2. The Balaban J connectivity index is 1.99. The Labute approximate surface area is 139 Å². The molecule has 0 radical (unpaired) electrons. The molecule has 0 aliphatic carbocycles. The molecule has 6 heteroatoms. The van der Waals surface area contributed by atoms with E-state index in [-0.39, 0.29) is 18.2 Å². The standard InChI is InChI=1S/C18H19FN2O3/c1-11-4-5-12(2)17(8-11)24-10-18(23)21-14-6-7-15(19)16(9-14)20-13(3)22/h4-9H,10H2,1-3H3,(H,20,22)(H,21,23). The summed E-state index contributed by atoms with van der Waals surface area (Å²) < 4.78 is 19.1. The Morgan fingerprint density at radius 3 is 2.54 bits per heavy atom. The van der Waals surface area contributed by atoms with Crippen molar-refractivity contribution in [2.45, 2.75) is 20.8 Å². The van der Waals surface area contributed by atoms with Crippen molar-refractivity contribution in [3.8, 4) is 5.75 Å². The topological polar surface area (TPSA) is 67.4 Å². The van der Waals surface area contributed by atoms with Crippen molar-refractivity contribution in [3.05, 3.63) is 53.3 Å². The lowest BCUT2D eigenvalue weighted by Gasteiger charge is -2.11. The van der Waals surface area contributed by atoms with E-state index in [4.69, 9.17) is 4.74 Å². The number of carbonyl (C=O) groups is 2. The highest BCUT2D eigenvalue weighted by Gasteiger charge is 2.09. The van der Waals surface area contributed by atoms with E-state index in [9.17, 15) is 14.0 Å². The fourth-order valence-electron chi connectivity index (χ4n) is 2.09. The van der Waals surface area contributed by atoms with Crippen molar-refractivity contribution in [1.29, 1.82) is 0 Å². The second-order valence-electron chi connectivity index (χ2n) is 5.48. The third-order valence-electron chi connectivity index (χ3n) is 3.26. The van der Waals surface area contributed by atoms with Gasteiger partial charge in [0.15, 0.2) is 6.61 Å². The Morgan fingerprint density at radius 1 is 1.08 bits per heavy atom. The van der Waals surface area contributed by atoms with Crippen molar-refractivity contribution in [2.75, 3.05) is 17.2 Å². The summed E-state index contributed by atoms with van der Waals surface area (Å²) in [7, 11) is 0. The lowest BCUT2D eigenvalue weighted by molar-refractivity contribution is -0.118. The molecule has 0 aliphatic heterocycles. The Bertz CT molecular complexity index is 775. The van der Waals surface area contributed by atoms with Crippen LogP contribution < -0.4 is 15.4 Å². The van der Waals surface area contributed by atoms with Gasteiger partial charge < -0.3 is 15.4 Å². The van der Waals surface area contributed by atoms with E-state index in [1.165, 1.54) is 25.1 Å². The number of amides is 2. The molecule has 0 heterocycles. The fraction of sp³-hybridized carbons (Fsp3) is 0.222. The van der Waals surface area contributed by atoms with Gasteiger partial charge in [-0.2, -0.15) is 0 Å². The van der Waals surface area contributed by atoms with E-state index in [1.807, 2.05) is 32.0 Å². The van der Waals surface area contributed by atoms with Crippen molar-refractivity contribution in [1.82, 2.24) is 0 Å². The van der Waals surface area contributed by atoms with Crippen LogP contribution in [0, 0.1) is 19.7 Å². The maximum Gasteiger partial charge on any atom is 0.262 e. The number of carbonyl (C=O) groups excluding carboxylic acids is 2. The van der Waals surface area contributed by atoms with Crippen molar-refractivity contribution >= 4 is 23.2 Å². The molecule has 0 aromatic heterocycles. The Hall–Kier alpha value is -2.89. The van der Waals surface area contributed by atoms with E-state index < -0.39 is 11.7 Å². The van der Waals surface area contributed by atoms with Crippen molar-refractivity contribution in [3.63, 3.8) is 0 Å². The van der Waals surface area contributed by atoms with Gasteiger partial charge in [-0.1, -0.05) is 12.1 Å². The molecule has 0 saturated carbocycles. The maximum absolute atomic E-state index is 13.6. The summed E-state index contributed by atoms with van der Waals surface area (Å²) in [4.78, 5) is 23.0. The number of ether oxygens (including phenoxy) is 1. The van der Waals surface area contributed by atoms with E-state index in [2.05, 4.69) is 10.6 Å². The summed E-state index contributed by atoms with van der Waals surface area (Å²) in [5, 5.41) is 4.97. The molecule has 2 N–H and O–H groups in total. The van der Waals surface area contributed by atoms with E-state index in [1.54, 1.807) is 0 Å². The molecule has 0 saturated heterocycles. The van der Waals surface area contributed by atoms with Crippen molar-refractivity contribution < 1.29 is 18.7 Å². The van der Waals surface area contributed by atoms with Crippen LogP contribution in [0.3, 0.4) is 0 Å². The normalized spacial score (nSPS) is 10.2. The zero-order valence-corrected chi connectivity index (χ0v) is 13.8. The molecule has 24 heavy (non-hydrogen) atoms. The number of hydrogen-bond acceptors (Lipinski definition) is 3. The molecule has 2 rings (SSSR count). The maximum atomic E-state index is 13.6. The molecule has 0 fully saturated rings. The second kappa shape index (κ2) is 7.59. The number of halogens is 1. The van der Waals surface area contributed by atoms with Crippen LogP contribution in [0.2, 0.25) is 0 Å². The highest BCUT2D eigenvalue weighted by molar-refractivity contribution is 5.94. The zero-order chi connectivity index (χ0) is 17.7. The van der Waals surface area contributed by atoms with Gasteiger partial charge in [-0.3, -0.25) is 9.59 Å². The molecule has 0 unspecified atom stereocenters. The first-order chi connectivity index (χ1) is 11.3. The first-order valence-electron chi connectivity index (χ1n) is 7.42. The number of anilines is 2. The molecule has 126 valence electrons. The molecule has 0 atom stereocenters. The Morgan fingerprint density at radius 2 is 1.83 bits per heavy atom. The summed E-state index contributed by atoms with van der Waals surface area (Å²) in [5.41, 5.74) is 2.35. The molecule has 2 aromatic carbocycles. The number of hydrogen-bond donors (Lipinski definition) is 2. The SMILES string of the molecule is CC(=O)Nc1cc(NC(=O)COc2cc(C)ccc2C)ccc1F. The van der Waals surface area contributed by atoms with Gasteiger partial charge in [-0.05, 0) is 49.2 Å². The first-order valence-corrected chi connectivity index (χ1v) is 7.42. The van der Waals surface area contributed by atoms with Crippen molar-refractivity contribution in [2.24, 2.45) is 0 Å². The lowest BCUT2D eigenvalue weighted by atomic mass is 10.1. The van der Waals surface area contributed by atoms with Gasteiger partial charge in [0, 0.05) is 12.6 Å². The summed E-state index contributed by atoms with van der Waals surface area (Å²) in [6, 6.07) is 9.68. The van der Waals surface area contributed by atoms with Gasteiger partial charge in [0.25, 0.3) is 5.91 Å². The first kappa shape index (κ1) is 17.5. The lowest BCUT2D eigenvalue weighted by Crippen LogP contribution is -2.20. The average Bonchev–Trinajstić information content (AvgIpc) is 2.51. The molecule has 0 aliphatic rings. The summed E-state index contributed by atoms with van der Waals surface area (Å²) in [5.74, 6) is -0.704. The predicted octanol–water partition coefficient (Wildman–Crippen LogP) is 3.42. The van der Waals surface area contributed by atoms with Crippen LogP contribution in [-0.2, 0) is 9.59 Å². The van der Waals surface area contributed by atoms with Crippen LogP contribution in [0.4, 0.5) is 15.8 Å². The number of nitrogens with one attached hydrogen (secondary N) is 2. The minimum Gasteiger partial charge on any atom is -0.483 e. The molecule has 0 spiro atoms. The monoisotopic (exact) mass is 330 g/mol. The minimum atomic E-state index is -0.574. The number of rotatable bonds is 5. The van der Waals surface area contributed by atoms with E-state index >= 15 is 0 Å². The molecule has 2 amide bonds. The summed E-state index contributed by atoms with van der Waals surface area (Å²) >= 11 is 0. The molecule has 2 aromatic rings. The van der Waals surface area contributed by atoms with Crippen LogP contribution in [0.15, 0.2) is 36.4 Å². The smallest absolute Gasteiger partial charge is 0.262 e. The Kier molecular flexibility index (Phi) is 5.52. The molecule has 5 nitrogen and oxygen atoms in total. The zero-order valence-electron chi connectivity index (χ0n) is 13.8. The van der Waals surface area contributed by atoms with Gasteiger partial charge in [-0.15, -0.1) is 0 Å². The molecular formula is C18H19FN2O3. The molecule has 0 bridgehead atoms. The fourth-order valence-corrected chi connectivity index (χ4v) is 2.09. The minimum absolute atomic E-state index is 0.00995. The summed E-state index contributed by atoms with van der Waals surface area (Å²) in [6.07, 6.45) is 0. The third-order valence-corrected chi connectivity index (χ3v) is 3.26. The average molecular weight is 330 g/mol. The van der Waals surface area contributed by atoms with Gasteiger partial charge in [0.05, 0.1) is 5.69 Å². The van der Waals surface area contributed by atoms with Crippen LogP contribution in [-0.4, -0.2) is 18.4 Å². The summed E-state index contributed by atoms with van der Waals surface area (Å²) in [6.45, 7) is 4.95. The second-order valence-corrected chi connectivity index (χ2v) is 5.48. The highest BCUT2D eigenvalue weighted by atomic mass is 19.1. The largest absolute Gasteiger partial charge is 0.483 e. The van der Waals surface area contributed by atoms with Gasteiger partial charge in [0.2, 0.25) is 5.91 Å². The highest BCUT2D eigenvalue weighted by Crippen LogP contribution is 2.21. The van der Waals surface area contributed by atoms with E-state index in [0.29, 0.717) is 11.4 Å². The van der Waals surface area contributed by atoms with Crippen LogP contribution in [0.25, 0.3) is 0 Å².